The van der Waals surface area contributed by atoms with Crippen LogP contribution in [0.3, 0.4) is 0 Å². The van der Waals surface area contributed by atoms with Crippen molar-refractivity contribution >= 4 is 40.8 Å². The molecule has 1 N–H and O–H groups in total. The maximum atomic E-state index is 14.1. The number of hydrogen-bond acceptors (Lipinski definition) is 6. The second-order valence-corrected chi connectivity index (χ2v) is 12.9. The van der Waals surface area contributed by atoms with Gasteiger partial charge in [-0.05, 0) is 61.2 Å². The first-order valence-electron chi connectivity index (χ1n) is 16.0. The fraction of sp³-hybridized carbons (Fsp3) is 0.378. The molecular formula is C37H42N4O5. The molecule has 2 aliphatic rings. The Bertz CT molecular complexity index is 1650. The van der Waals surface area contributed by atoms with Gasteiger partial charge in [-0.3, -0.25) is 14.5 Å². The molecule has 0 saturated heterocycles. The summed E-state index contributed by atoms with van der Waals surface area (Å²) in [5.74, 6) is -0.770. The van der Waals surface area contributed by atoms with Crippen molar-refractivity contribution in [1.29, 1.82) is 0 Å². The average molecular weight is 623 g/mol. The largest absolute Gasteiger partial charge is 0.462 e. The normalized spacial score (nSPS) is 15.5. The Morgan fingerprint density at radius 3 is 2.30 bits per heavy atom. The van der Waals surface area contributed by atoms with Crippen LogP contribution in [0.15, 0.2) is 77.9 Å². The number of rotatable bonds is 9. The Morgan fingerprint density at radius 1 is 0.891 bits per heavy atom. The molecule has 9 nitrogen and oxygen atoms in total. The summed E-state index contributed by atoms with van der Waals surface area (Å²) >= 11 is 0. The van der Waals surface area contributed by atoms with Crippen LogP contribution >= 0.6 is 0 Å². The van der Waals surface area contributed by atoms with E-state index in [1.165, 1.54) is 9.91 Å². The molecule has 1 saturated carbocycles. The van der Waals surface area contributed by atoms with Gasteiger partial charge in [-0.1, -0.05) is 82.5 Å². The van der Waals surface area contributed by atoms with Crippen molar-refractivity contribution in [3.05, 3.63) is 83.9 Å². The molecule has 1 aliphatic heterocycles. The van der Waals surface area contributed by atoms with Crippen LogP contribution in [0.2, 0.25) is 0 Å². The molecule has 1 aliphatic carbocycles. The monoisotopic (exact) mass is 622 g/mol. The number of urea groups is 1. The second-order valence-electron chi connectivity index (χ2n) is 12.9. The van der Waals surface area contributed by atoms with Crippen LogP contribution in [0.5, 0.6) is 0 Å². The van der Waals surface area contributed by atoms with Crippen LogP contribution in [0, 0.1) is 11.3 Å². The molecule has 0 aromatic heterocycles. The Morgan fingerprint density at radius 2 is 1.59 bits per heavy atom. The highest BCUT2D eigenvalue weighted by molar-refractivity contribution is 6.13. The van der Waals surface area contributed by atoms with Crippen molar-refractivity contribution in [1.82, 2.24) is 5.01 Å². The van der Waals surface area contributed by atoms with Crippen molar-refractivity contribution in [2.75, 3.05) is 29.9 Å². The van der Waals surface area contributed by atoms with Gasteiger partial charge in [0.2, 0.25) is 5.91 Å². The highest BCUT2D eigenvalue weighted by atomic mass is 16.5. The van der Waals surface area contributed by atoms with Gasteiger partial charge in [0.15, 0.2) is 5.78 Å². The number of carbonyl (C=O) groups excluding carboxylic acids is 4. The van der Waals surface area contributed by atoms with Crippen molar-refractivity contribution < 1.29 is 23.9 Å². The number of amides is 3. The van der Waals surface area contributed by atoms with Crippen molar-refractivity contribution in [3.63, 3.8) is 0 Å². The van der Waals surface area contributed by atoms with Crippen LogP contribution in [0.1, 0.15) is 75.7 Å². The maximum absolute atomic E-state index is 14.1. The average Bonchev–Trinajstić information content (AvgIpc) is 3.16. The van der Waals surface area contributed by atoms with Gasteiger partial charge in [-0.25, -0.2) is 14.6 Å². The molecule has 1 heterocycles. The van der Waals surface area contributed by atoms with E-state index in [1.54, 1.807) is 31.2 Å². The number of ether oxygens (including phenoxy) is 1. The fourth-order valence-corrected chi connectivity index (χ4v) is 5.86. The molecule has 0 atom stereocenters. The molecule has 3 aromatic rings. The van der Waals surface area contributed by atoms with Crippen molar-refractivity contribution in [2.24, 2.45) is 16.4 Å². The van der Waals surface area contributed by atoms with E-state index in [-0.39, 0.29) is 31.4 Å². The first kappa shape index (κ1) is 32.6. The first-order valence-corrected chi connectivity index (χ1v) is 16.0. The minimum Gasteiger partial charge on any atom is -0.462 e. The smallest absolute Gasteiger partial charge is 0.345 e. The number of nitrogens with one attached hydrogen (secondary N) is 1. The standard InChI is InChI=1S/C37H42N4O5/c1-5-46-35(44)28-17-11-15-26(21-28)27-16-12-18-29(22-27)38-33(43)24-41-36(45)40(23-32(42)37(2,3)4)31-20-10-9-19-30(31)34(39-41)25-13-7-6-8-14-25/h9-12,15-22,25H,5-8,13-14,23-24H2,1-4H3,(H,38,43). The maximum Gasteiger partial charge on any atom is 0.345 e. The topological polar surface area (TPSA) is 108 Å². The summed E-state index contributed by atoms with van der Waals surface area (Å²) in [5, 5.41) is 9.00. The first-order chi connectivity index (χ1) is 22.0. The molecule has 0 spiro atoms. The summed E-state index contributed by atoms with van der Waals surface area (Å²) in [5.41, 5.74) is 4.16. The summed E-state index contributed by atoms with van der Waals surface area (Å²) < 4.78 is 5.14. The molecule has 9 heteroatoms. The van der Waals surface area contributed by atoms with Crippen molar-refractivity contribution in [2.45, 2.75) is 59.8 Å². The number of benzene rings is 3. The molecular weight excluding hydrogens is 580 g/mol. The number of fused-ring (bicyclic) bond motifs is 1. The number of ketones is 1. The SMILES string of the molecule is CCOC(=O)c1cccc(-c2cccc(NC(=O)CN3N=C(C4CCCCC4)c4ccccc4N(CC(=O)C(C)(C)C)C3=O)c2)c1. The number of esters is 1. The predicted octanol–water partition coefficient (Wildman–Crippen LogP) is 7.31. The summed E-state index contributed by atoms with van der Waals surface area (Å²) in [6, 6.07) is 21.5. The zero-order valence-electron chi connectivity index (χ0n) is 27.0. The third-order valence-corrected chi connectivity index (χ3v) is 8.43. The van der Waals surface area contributed by atoms with Crippen molar-refractivity contribution in [3.8, 4) is 11.1 Å². The fourth-order valence-electron chi connectivity index (χ4n) is 5.86. The zero-order chi connectivity index (χ0) is 32.8. The molecule has 240 valence electrons. The highest BCUT2D eigenvalue weighted by Gasteiger charge is 2.36. The lowest BCUT2D eigenvalue weighted by Crippen LogP contribution is -2.47. The van der Waals surface area contributed by atoms with E-state index < -0.39 is 23.3 Å². The Hall–Kier alpha value is -4.79. The van der Waals surface area contributed by atoms with Gasteiger partial charge < -0.3 is 10.1 Å². The van der Waals surface area contributed by atoms with E-state index >= 15 is 0 Å². The Labute approximate surface area is 270 Å². The number of hydrazone groups is 1. The van der Waals surface area contributed by atoms with Crippen LogP contribution < -0.4 is 10.2 Å². The van der Waals surface area contributed by atoms with Gasteiger partial charge in [0.25, 0.3) is 0 Å². The number of nitrogens with zero attached hydrogens (tertiary/aromatic N) is 3. The van der Waals surface area contributed by atoms with Crippen LogP contribution in [0.25, 0.3) is 11.1 Å². The van der Waals surface area contributed by atoms with Crippen LogP contribution in [0.4, 0.5) is 16.2 Å². The zero-order valence-corrected chi connectivity index (χ0v) is 27.0. The number of carbonyl (C=O) groups is 4. The third kappa shape index (κ3) is 7.53. The molecule has 3 amide bonds. The van der Waals surface area contributed by atoms with Crippen LogP contribution in [-0.4, -0.2) is 54.1 Å². The van der Waals surface area contributed by atoms with Gasteiger partial charge in [0, 0.05) is 22.6 Å². The third-order valence-electron chi connectivity index (χ3n) is 8.43. The lowest BCUT2D eigenvalue weighted by Gasteiger charge is -2.28. The van der Waals surface area contributed by atoms with Gasteiger partial charge in [-0.2, -0.15) is 5.10 Å². The van der Waals surface area contributed by atoms with E-state index in [0.29, 0.717) is 16.9 Å². The van der Waals surface area contributed by atoms with Crippen LogP contribution in [-0.2, 0) is 14.3 Å². The van der Waals surface area contributed by atoms with Gasteiger partial charge in [0.05, 0.1) is 30.1 Å². The van der Waals surface area contributed by atoms with E-state index in [9.17, 15) is 19.2 Å². The lowest BCUT2D eigenvalue weighted by molar-refractivity contribution is -0.124. The number of Topliss-reactive ketones (excluding diaryl/α,β-unsaturated/α-hetero) is 1. The molecule has 0 bridgehead atoms. The quantitative estimate of drug-likeness (QED) is 0.252. The second kappa shape index (κ2) is 14.1. The van der Waals surface area contributed by atoms with Gasteiger partial charge >= 0.3 is 12.0 Å². The molecule has 5 rings (SSSR count). The summed E-state index contributed by atoms with van der Waals surface area (Å²) in [6.07, 6.45) is 5.21. The summed E-state index contributed by atoms with van der Waals surface area (Å²) in [7, 11) is 0. The van der Waals surface area contributed by atoms with E-state index in [4.69, 9.17) is 9.84 Å². The highest BCUT2D eigenvalue weighted by Crippen LogP contribution is 2.34. The predicted molar refractivity (Wildman–Crippen MR) is 180 cm³/mol. The molecule has 1 fully saturated rings. The Balaban J connectivity index is 1.42. The number of para-hydroxylation sites is 1. The Kier molecular flexibility index (Phi) is 9.99. The number of anilines is 2. The minimum absolute atomic E-state index is 0.0926. The molecule has 3 aromatic carbocycles. The molecule has 0 unspecified atom stereocenters. The molecule has 0 radical (unpaired) electrons. The summed E-state index contributed by atoms with van der Waals surface area (Å²) in [4.78, 5) is 54.6. The van der Waals surface area contributed by atoms with E-state index in [0.717, 1.165) is 54.5 Å². The molecule has 46 heavy (non-hydrogen) atoms. The van der Waals surface area contributed by atoms with Gasteiger partial charge in [0.1, 0.15) is 6.54 Å². The number of hydrogen-bond donors (Lipinski definition) is 1. The lowest BCUT2D eigenvalue weighted by atomic mass is 9.83. The van der Waals surface area contributed by atoms with Gasteiger partial charge in [-0.15, -0.1) is 0 Å². The minimum atomic E-state index is -0.655. The summed E-state index contributed by atoms with van der Waals surface area (Å²) in [6.45, 7) is 7.09. The van der Waals surface area contributed by atoms with E-state index in [1.807, 2.05) is 69.3 Å². The van der Waals surface area contributed by atoms with E-state index in [2.05, 4.69) is 5.32 Å².